The Morgan fingerprint density at radius 1 is 1.41 bits per heavy atom. The molecule has 2 N–H and O–H groups in total. The number of anilines is 1. The van der Waals surface area contributed by atoms with Crippen molar-refractivity contribution in [2.75, 3.05) is 44.6 Å². The Bertz CT molecular complexity index is 488. The van der Waals surface area contributed by atoms with Gasteiger partial charge in [0.25, 0.3) is 0 Å². The van der Waals surface area contributed by atoms with E-state index in [2.05, 4.69) is 29.2 Å². The predicted octanol–water partition coefficient (Wildman–Crippen LogP) is -0.00690. The van der Waals surface area contributed by atoms with E-state index in [1.54, 1.807) is 17.1 Å². The van der Waals surface area contributed by atoms with Gasteiger partial charge in [-0.1, -0.05) is 13.8 Å². The van der Waals surface area contributed by atoms with E-state index < -0.39 is 6.10 Å². The van der Waals surface area contributed by atoms with E-state index in [0.717, 1.165) is 19.6 Å². The molecule has 1 amide bonds. The second kappa shape index (κ2) is 7.71. The van der Waals surface area contributed by atoms with Gasteiger partial charge in [0, 0.05) is 46.0 Å². The fourth-order valence-corrected chi connectivity index (χ4v) is 2.83. The molecule has 1 unspecified atom stereocenters. The molecule has 1 fully saturated rings. The highest BCUT2D eigenvalue weighted by Crippen LogP contribution is 2.08. The molecule has 1 atom stereocenters. The van der Waals surface area contributed by atoms with Gasteiger partial charge >= 0.3 is 0 Å². The minimum absolute atomic E-state index is 0.0718. The van der Waals surface area contributed by atoms with E-state index in [1.165, 1.54) is 0 Å². The van der Waals surface area contributed by atoms with E-state index in [1.807, 2.05) is 11.9 Å². The fraction of sp³-hybridized carbons (Fsp3) is 0.733. The monoisotopic (exact) mass is 309 g/mol. The van der Waals surface area contributed by atoms with Crippen molar-refractivity contribution in [2.24, 2.45) is 13.0 Å². The number of rotatable bonds is 5. The van der Waals surface area contributed by atoms with Crippen LogP contribution in [0.4, 0.5) is 5.69 Å². The molecule has 7 heteroatoms. The summed E-state index contributed by atoms with van der Waals surface area (Å²) in [5.74, 6) is 0.505. The highest BCUT2D eigenvalue weighted by atomic mass is 16.3. The lowest BCUT2D eigenvalue weighted by atomic mass is 10.2. The summed E-state index contributed by atoms with van der Waals surface area (Å²) < 4.78 is 1.65. The quantitative estimate of drug-likeness (QED) is 0.800. The van der Waals surface area contributed by atoms with E-state index in [-0.39, 0.29) is 5.91 Å². The number of aromatic nitrogens is 2. The van der Waals surface area contributed by atoms with Crippen molar-refractivity contribution in [1.29, 1.82) is 0 Å². The highest BCUT2D eigenvalue weighted by molar-refractivity contribution is 5.91. The zero-order chi connectivity index (χ0) is 16.1. The van der Waals surface area contributed by atoms with Crippen LogP contribution in [0.2, 0.25) is 0 Å². The number of nitrogens with zero attached hydrogens (tertiary/aromatic N) is 4. The Hall–Kier alpha value is -1.44. The number of hydrogen-bond acceptors (Lipinski definition) is 5. The third-order valence-corrected chi connectivity index (χ3v) is 3.65. The smallest absolute Gasteiger partial charge is 0.238 e. The van der Waals surface area contributed by atoms with Crippen molar-refractivity contribution in [3.05, 3.63) is 12.4 Å². The number of β-amino-alcohol motifs (C(OH)–C–C–N with tert-alkyl or cyclic N) is 1. The molecule has 7 nitrogen and oxygen atoms in total. The topological polar surface area (TPSA) is 73.6 Å². The Morgan fingerprint density at radius 2 is 2.09 bits per heavy atom. The average molecular weight is 309 g/mol. The van der Waals surface area contributed by atoms with Gasteiger partial charge in [0.15, 0.2) is 0 Å². The summed E-state index contributed by atoms with van der Waals surface area (Å²) in [7, 11) is 1.81. The standard InChI is InChI=1S/C15H27N5O2/c1-12(2)7-19-4-5-20(10-14(21)9-19)11-15(22)17-13-6-16-18(3)8-13/h6,8,12,14,21H,4-5,7,9-11H2,1-3H3,(H,17,22). The van der Waals surface area contributed by atoms with Gasteiger partial charge in [-0.2, -0.15) is 5.10 Å². The van der Waals surface area contributed by atoms with Gasteiger partial charge in [0.2, 0.25) is 5.91 Å². The molecule has 1 saturated heterocycles. The first-order valence-electron chi connectivity index (χ1n) is 7.83. The lowest BCUT2D eigenvalue weighted by Crippen LogP contribution is -2.38. The van der Waals surface area contributed by atoms with Crippen molar-refractivity contribution in [1.82, 2.24) is 19.6 Å². The van der Waals surface area contributed by atoms with E-state index in [4.69, 9.17) is 0 Å². The number of aliphatic hydroxyl groups excluding tert-OH is 1. The number of amides is 1. The van der Waals surface area contributed by atoms with Crippen molar-refractivity contribution >= 4 is 11.6 Å². The first kappa shape index (κ1) is 16.9. The number of nitrogens with one attached hydrogen (secondary N) is 1. The summed E-state index contributed by atoms with van der Waals surface area (Å²) in [6, 6.07) is 0. The first-order chi connectivity index (χ1) is 10.4. The summed E-state index contributed by atoms with van der Waals surface area (Å²) in [5, 5.41) is 17.0. The molecule has 0 aliphatic carbocycles. The van der Waals surface area contributed by atoms with Crippen LogP contribution in [0.5, 0.6) is 0 Å². The van der Waals surface area contributed by atoms with Crippen LogP contribution in [0.3, 0.4) is 0 Å². The average Bonchev–Trinajstić information content (AvgIpc) is 2.71. The maximum absolute atomic E-state index is 12.1. The van der Waals surface area contributed by atoms with Gasteiger partial charge in [-0.25, -0.2) is 0 Å². The van der Waals surface area contributed by atoms with Crippen molar-refractivity contribution in [3.8, 4) is 0 Å². The van der Waals surface area contributed by atoms with Crippen LogP contribution < -0.4 is 5.32 Å². The molecule has 0 saturated carbocycles. The molecule has 0 radical (unpaired) electrons. The molecule has 124 valence electrons. The van der Waals surface area contributed by atoms with Gasteiger partial charge in [-0.15, -0.1) is 0 Å². The van der Waals surface area contributed by atoms with Crippen molar-refractivity contribution < 1.29 is 9.90 Å². The van der Waals surface area contributed by atoms with Crippen LogP contribution in [-0.2, 0) is 11.8 Å². The zero-order valence-corrected chi connectivity index (χ0v) is 13.7. The molecular weight excluding hydrogens is 282 g/mol. The second-order valence-corrected chi connectivity index (χ2v) is 6.49. The van der Waals surface area contributed by atoms with Gasteiger partial charge in [0.1, 0.15) is 0 Å². The lowest BCUT2D eigenvalue weighted by molar-refractivity contribution is -0.117. The predicted molar refractivity (Wildman–Crippen MR) is 85.6 cm³/mol. The SMILES string of the molecule is CC(C)CN1CCN(CC(=O)Nc2cnn(C)c2)CC(O)C1. The summed E-state index contributed by atoms with van der Waals surface area (Å²) in [4.78, 5) is 16.4. The zero-order valence-electron chi connectivity index (χ0n) is 13.7. The molecule has 0 bridgehead atoms. The van der Waals surface area contributed by atoms with Gasteiger partial charge < -0.3 is 10.4 Å². The van der Waals surface area contributed by atoms with Crippen LogP contribution in [0.25, 0.3) is 0 Å². The minimum atomic E-state index is -0.410. The molecule has 22 heavy (non-hydrogen) atoms. The fourth-order valence-electron chi connectivity index (χ4n) is 2.83. The second-order valence-electron chi connectivity index (χ2n) is 6.49. The maximum atomic E-state index is 12.1. The van der Waals surface area contributed by atoms with E-state index in [0.29, 0.717) is 31.2 Å². The van der Waals surface area contributed by atoms with E-state index >= 15 is 0 Å². The number of aryl methyl sites for hydroxylation is 1. The van der Waals surface area contributed by atoms with Crippen molar-refractivity contribution in [2.45, 2.75) is 20.0 Å². The molecule has 0 spiro atoms. The number of hydrogen-bond donors (Lipinski definition) is 2. The Labute approximate surface area is 131 Å². The molecular formula is C15H27N5O2. The number of carbonyl (C=O) groups is 1. The third-order valence-electron chi connectivity index (χ3n) is 3.65. The summed E-state index contributed by atoms with van der Waals surface area (Å²) >= 11 is 0. The highest BCUT2D eigenvalue weighted by Gasteiger charge is 2.23. The van der Waals surface area contributed by atoms with E-state index in [9.17, 15) is 9.90 Å². The molecule has 2 rings (SSSR count). The van der Waals surface area contributed by atoms with Gasteiger partial charge in [-0.3, -0.25) is 19.3 Å². The lowest BCUT2D eigenvalue weighted by Gasteiger charge is -2.23. The van der Waals surface area contributed by atoms with Gasteiger partial charge in [-0.05, 0) is 5.92 Å². The normalized spacial score (nSPS) is 21.0. The van der Waals surface area contributed by atoms with Crippen LogP contribution in [0.15, 0.2) is 12.4 Å². The summed E-state index contributed by atoms with van der Waals surface area (Å²) in [5.41, 5.74) is 0.698. The van der Waals surface area contributed by atoms with Gasteiger partial charge in [0.05, 0.1) is 24.5 Å². The molecule has 2 heterocycles. The molecule has 1 aromatic heterocycles. The largest absolute Gasteiger partial charge is 0.390 e. The summed E-state index contributed by atoms with van der Waals surface area (Å²) in [6.45, 7) is 8.52. The Balaban J connectivity index is 1.83. The van der Waals surface area contributed by atoms with Crippen LogP contribution >= 0.6 is 0 Å². The minimum Gasteiger partial charge on any atom is -0.390 e. The molecule has 1 aliphatic rings. The Kier molecular flexibility index (Phi) is 5.93. The third kappa shape index (κ3) is 5.40. The summed E-state index contributed by atoms with van der Waals surface area (Å²) in [6.07, 6.45) is 2.98. The van der Waals surface area contributed by atoms with Crippen molar-refractivity contribution in [3.63, 3.8) is 0 Å². The Morgan fingerprint density at radius 3 is 2.73 bits per heavy atom. The first-order valence-corrected chi connectivity index (χ1v) is 7.83. The molecule has 1 aromatic rings. The van der Waals surface area contributed by atoms with Crippen LogP contribution in [0.1, 0.15) is 13.8 Å². The van der Waals surface area contributed by atoms with Crippen LogP contribution in [-0.4, -0.2) is 76.0 Å². The molecule has 1 aliphatic heterocycles. The maximum Gasteiger partial charge on any atom is 0.238 e. The number of carbonyl (C=O) groups excluding carboxylic acids is 1. The number of aliphatic hydroxyl groups is 1. The van der Waals surface area contributed by atoms with Crippen LogP contribution in [0, 0.1) is 5.92 Å². The molecule has 0 aromatic carbocycles.